The number of anilines is 2. The van der Waals surface area contributed by atoms with E-state index in [2.05, 4.69) is 5.32 Å². The molecule has 1 N–H and O–H groups in total. The van der Waals surface area contributed by atoms with E-state index in [-0.39, 0.29) is 24.8 Å². The molecule has 0 unspecified atom stereocenters. The molecule has 2 amide bonds. The molecule has 3 rings (SSSR count). The minimum Gasteiger partial charge on any atom is -0.326 e. The standard InChI is InChI=1S/C17H13Cl3N2O2/c18-11-1-4-13(5-2-11)21-17(24)10-7-16(23)22(9-10)15-8-12(19)3-6-14(15)20/h1-6,8,10H,7,9H2,(H,21,24)/t10-/m0/s1. The average Bonchev–Trinajstić information content (AvgIpc) is 2.94. The van der Waals surface area contributed by atoms with Crippen LogP contribution in [0.5, 0.6) is 0 Å². The molecule has 1 fully saturated rings. The van der Waals surface area contributed by atoms with Crippen LogP contribution in [0.1, 0.15) is 6.42 Å². The molecule has 2 aromatic carbocycles. The Bertz CT molecular complexity index is 793. The van der Waals surface area contributed by atoms with Gasteiger partial charge in [-0.25, -0.2) is 0 Å². The molecule has 0 bridgehead atoms. The number of halogens is 3. The van der Waals surface area contributed by atoms with Gasteiger partial charge in [0, 0.05) is 28.7 Å². The Morgan fingerprint density at radius 2 is 1.71 bits per heavy atom. The lowest BCUT2D eigenvalue weighted by molar-refractivity contribution is -0.122. The number of hydrogen-bond acceptors (Lipinski definition) is 2. The maximum Gasteiger partial charge on any atom is 0.229 e. The number of carbonyl (C=O) groups is 2. The van der Waals surface area contributed by atoms with Crippen LogP contribution < -0.4 is 10.2 Å². The first-order valence-electron chi connectivity index (χ1n) is 7.26. The summed E-state index contributed by atoms with van der Waals surface area (Å²) in [6.45, 7) is 0.262. The van der Waals surface area contributed by atoms with Crippen molar-refractivity contribution in [3.05, 3.63) is 57.5 Å². The number of nitrogens with zero attached hydrogens (tertiary/aromatic N) is 1. The van der Waals surface area contributed by atoms with Gasteiger partial charge in [-0.2, -0.15) is 0 Å². The van der Waals surface area contributed by atoms with E-state index in [0.717, 1.165) is 0 Å². The Morgan fingerprint density at radius 3 is 2.42 bits per heavy atom. The summed E-state index contributed by atoms with van der Waals surface area (Å²) in [7, 11) is 0. The van der Waals surface area contributed by atoms with Crippen molar-refractivity contribution in [1.29, 1.82) is 0 Å². The molecule has 0 aromatic heterocycles. The van der Waals surface area contributed by atoms with Crippen molar-refractivity contribution in [2.24, 2.45) is 5.92 Å². The third-order valence-corrected chi connectivity index (χ3v) is 4.61. The molecule has 1 aliphatic rings. The van der Waals surface area contributed by atoms with Crippen molar-refractivity contribution < 1.29 is 9.59 Å². The van der Waals surface area contributed by atoms with Crippen LogP contribution in [0.4, 0.5) is 11.4 Å². The fourth-order valence-electron chi connectivity index (χ4n) is 2.59. The summed E-state index contributed by atoms with van der Waals surface area (Å²) in [6, 6.07) is 11.7. The lowest BCUT2D eigenvalue weighted by Gasteiger charge is -2.18. The summed E-state index contributed by atoms with van der Waals surface area (Å²) in [5.41, 5.74) is 1.16. The highest BCUT2D eigenvalue weighted by Crippen LogP contribution is 2.33. The number of carbonyl (C=O) groups excluding carboxylic acids is 2. The van der Waals surface area contributed by atoms with E-state index in [1.807, 2.05) is 0 Å². The minimum atomic E-state index is -0.455. The molecular weight excluding hydrogens is 371 g/mol. The predicted octanol–water partition coefficient (Wildman–Crippen LogP) is 4.64. The van der Waals surface area contributed by atoms with Crippen molar-refractivity contribution in [3.8, 4) is 0 Å². The smallest absolute Gasteiger partial charge is 0.229 e. The molecule has 24 heavy (non-hydrogen) atoms. The molecule has 1 atom stereocenters. The van der Waals surface area contributed by atoms with Crippen LogP contribution in [0.15, 0.2) is 42.5 Å². The van der Waals surface area contributed by atoms with Crippen LogP contribution in [-0.4, -0.2) is 18.4 Å². The van der Waals surface area contributed by atoms with E-state index >= 15 is 0 Å². The number of nitrogens with one attached hydrogen (secondary N) is 1. The van der Waals surface area contributed by atoms with Crippen LogP contribution in [-0.2, 0) is 9.59 Å². The summed E-state index contributed by atoms with van der Waals surface area (Å²) < 4.78 is 0. The van der Waals surface area contributed by atoms with Gasteiger partial charge in [0.1, 0.15) is 0 Å². The zero-order chi connectivity index (χ0) is 17.3. The quantitative estimate of drug-likeness (QED) is 0.839. The predicted molar refractivity (Wildman–Crippen MR) is 97.0 cm³/mol. The Hall–Kier alpha value is -1.75. The number of hydrogen-bond donors (Lipinski definition) is 1. The third-order valence-electron chi connectivity index (χ3n) is 3.81. The largest absolute Gasteiger partial charge is 0.326 e. The molecule has 4 nitrogen and oxygen atoms in total. The highest BCUT2D eigenvalue weighted by Gasteiger charge is 2.36. The molecule has 2 aromatic rings. The van der Waals surface area contributed by atoms with E-state index in [0.29, 0.717) is 26.4 Å². The van der Waals surface area contributed by atoms with E-state index < -0.39 is 5.92 Å². The van der Waals surface area contributed by atoms with Crippen LogP contribution in [0.3, 0.4) is 0 Å². The fraction of sp³-hybridized carbons (Fsp3) is 0.176. The molecule has 1 aliphatic heterocycles. The lowest BCUT2D eigenvalue weighted by Crippen LogP contribution is -2.28. The summed E-state index contributed by atoms with van der Waals surface area (Å²) in [5.74, 6) is -0.829. The van der Waals surface area contributed by atoms with Gasteiger partial charge in [-0.3, -0.25) is 9.59 Å². The monoisotopic (exact) mass is 382 g/mol. The van der Waals surface area contributed by atoms with Crippen LogP contribution in [0.25, 0.3) is 0 Å². The summed E-state index contributed by atoms with van der Waals surface area (Å²) in [6.07, 6.45) is 0.127. The first-order chi connectivity index (χ1) is 11.4. The van der Waals surface area contributed by atoms with Crippen molar-refractivity contribution >= 4 is 58.0 Å². The Morgan fingerprint density at radius 1 is 1.04 bits per heavy atom. The normalized spacial score (nSPS) is 17.2. The van der Waals surface area contributed by atoms with Crippen molar-refractivity contribution in [1.82, 2.24) is 0 Å². The van der Waals surface area contributed by atoms with Crippen LogP contribution in [0, 0.1) is 5.92 Å². The van der Waals surface area contributed by atoms with Gasteiger partial charge in [-0.15, -0.1) is 0 Å². The third kappa shape index (κ3) is 3.66. The van der Waals surface area contributed by atoms with Gasteiger partial charge in [-0.1, -0.05) is 34.8 Å². The highest BCUT2D eigenvalue weighted by atomic mass is 35.5. The molecule has 124 valence electrons. The van der Waals surface area contributed by atoms with Gasteiger partial charge < -0.3 is 10.2 Å². The van der Waals surface area contributed by atoms with Crippen LogP contribution >= 0.6 is 34.8 Å². The Kier molecular flexibility index (Phi) is 4.99. The SMILES string of the molecule is O=C(Nc1ccc(Cl)cc1)[C@H]1CC(=O)N(c2cc(Cl)ccc2Cl)C1. The lowest BCUT2D eigenvalue weighted by atomic mass is 10.1. The second-order valence-electron chi connectivity index (χ2n) is 5.50. The van der Waals surface area contributed by atoms with Gasteiger partial charge in [0.25, 0.3) is 0 Å². The number of rotatable bonds is 3. The molecule has 0 aliphatic carbocycles. The number of amides is 2. The topological polar surface area (TPSA) is 49.4 Å². The van der Waals surface area contributed by atoms with E-state index in [9.17, 15) is 9.59 Å². The second kappa shape index (κ2) is 7.01. The zero-order valence-electron chi connectivity index (χ0n) is 12.4. The van der Waals surface area contributed by atoms with Crippen LogP contribution in [0.2, 0.25) is 15.1 Å². The van der Waals surface area contributed by atoms with Crippen molar-refractivity contribution in [2.75, 3.05) is 16.8 Å². The van der Waals surface area contributed by atoms with Gasteiger partial charge in [-0.05, 0) is 42.5 Å². The minimum absolute atomic E-state index is 0.127. The molecule has 0 saturated carbocycles. The average molecular weight is 384 g/mol. The zero-order valence-corrected chi connectivity index (χ0v) is 14.7. The van der Waals surface area contributed by atoms with E-state index in [1.54, 1.807) is 42.5 Å². The summed E-state index contributed by atoms with van der Waals surface area (Å²) in [5, 5.41) is 4.29. The molecule has 0 spiro atoms. The maximum absolute atomic E-state index is 12.4. The van der Waals surface area contributed by atoms with Crippen molar-refractivity contribution in [2.45, 2.75) is 6.42 Å². The number of benzene rings is 2. The molecule has 1 heterocycles. The Balaban J connectivity index is 1.73. The fourth-order valence-corrected chi connectivity index (χ4v) is 3.10. The first kappa shape index (κ1) is 17.1. The van der Waals surface area contributed by atoms with Gasteiger partial charge >= 0.3 is 0 Å². The second-order valence-corrected chi connectivity index (χ2v) is 6.78. The molecular formula is C17H13Cl3N2O2. The van der Waals surface area contributed by atoms with Crippen molar-refractivity contribution in [3.63, 3.8) is 0 Å². The molecule has 7 heteroatoms. The van der Waals surface area contributed by atoms with Gasteiger partial charge in [0.2, 0.25) is 11.8 Å². The maximum atomic E-state index is 12.4. The van der Waals surface area contributed by atoms with E-state index in [4.69, 9.17) is 34.8 Å². The van der Waals surface area contributed by atoms with Gasteiger partial charge in [0.15, 0.2) is 0 Å². The summed E-state index contributed by atoms with van der Waals surface area (Å²) >= 11 is 17.9. The molecule has 1 saturated heterocycles. The Labute approximate surface area is 154 Å². The van der Waals surface area contributed by atoms with E-state index in [1.165, 1.54) is 4.90 Å². The molecule has 0 radical (unpaired) electrons. The first-order valence-corrected chi connectivity index (χ1v) is 8.39. The highest BCUT2D eigenvalue weighted by molar-refractivity contribution is 6.36. The summed E-state index contributed by atoms with van der Waals surface area (Å²) in [4.78, 5) is 26.2. The van der Waals surface area contributed by atoms with Gasteiger partial charge in [0.05, 0.1) is 16.6 Å².